The summed E-state index contributed by atoms with van der Waals surface area (Å²) in [5.41, 5.74) is 3.35. The molecule has 1 aliphatic rings. The summed E-state index contributed by atoms with van der Waals surface area (Å²) in [7, 11) is -2.38. The highest BCUT2D eigenvalue weighted by Gasteiger charge is 2.22. The SMILES string of the molecule is CC(C)(C)c1cc2c(cn1)C[S@@](=N)(=O)CC2. The smallest absolute Gasteiger partial charge is 0.0584 e. The minimum atomic E-state index is -2.38. The molecule has 0 saturated heterocycles. The van der Waals surface area contributed by atoms with Gasteiger partial charge in [0, 0.05) is 32.8 Å². The molecule has 4 heteroatoms. The Balaban J connectivity index is 2.43. The van der Waals surface area contributed by atoms with E-state index in [0.29, 0.717) is 11.5 Å². The van der Waals surface area contributed by atoms with Crippen molar-refractivity contribution in [2.75, 3.05) is 5.75 Å². The maximum absolute atomic E-state index is 11.7. The van der Waals surface area contributed by atoms with Crippen molar-refractivity contribution in [1.29, 1.82) is 4.78 Å². The molecule has 1 aliphatic heterocycles. The first-order chi connectivity index (χ1) is 7.28. The van der Waals surface area contributed by atoms with Gasteiger partial charge in [-0.25, -0.2) is 4.21 Å². The van der Waals surface area contributed by atoms with Gasteiger partial charge in [-0.05, 0) is 23.6 Å². The highest BCUT2D eigenvalue weighted by atomic mass is 32.2. The van der Waals surface area contributed by atoms with Crippen molar-refractivity contribution in [2.45, 2.75) is 38.4 Å². The molecular weight excluding hydrogens is 220 g/mol. The van der Waals surface area contributed by atoms with Crippen molar-refractivity contribution in [2.24, 2.45) is 0 Å². The zero-order chi connectivity index (χ0) is 12.0. The van der Waals surface area contributed by atoms with Crippen molar-refractivity contribution >= 4 is 9.73 Å². The van der Waals surface area contributed by atoms with Crippen molar-refractivity contribution in [3.63, 3.8) is 0 Å². The minimum Gasteiger partial charge on any atom is -0.260 e. The normalized spacial score (nSPS) is 25.2. The second kappa shape index (κ2) is 3.55. The van der Waals surface area contributed by atoms with E-state index in [1.807, 2.05) is 6.20 Å². The van der Waals surface area contributed by atoms with E-state index in [1.54, 1.807) is 0 Å². The lowest BCUT2D eigenvalue weighted by atomic mass is 9.90. The third-order valence-corrected chi connectivity index (χ3v) is 4.58. The third-order valence-electron chi connectivity index (χ3n) is 2.94. The minimum absolute atomic E-state index is 0.0504. The van der Waals surface area contributed by atoms with E-state index in [2.05, 4.69) is 31.8 Å². The highest BCUT2D eigenvalue weighted by molar-refractivity contribution is 7.91. The summed E-state index contributed by atoms with van der Waals surface area (Å²) in [6, 6.07) is 2.12. The predicted octanol–water partition coefficient (Wildman–Crippen LogP) is 2.48. The Hall–Kier alpha value is -0.900. The first-order valence-corrected chi connectivity index (χ1v) is 7.40. The van der Waals surface area contributed by atoms with E-state index in [9.17, 15) is 4.21 Å². The molecule has 2 heterocycles. The fraction of sp³-hybridized carbons (Fsp3) is 0.583. The number of aromatic nitrogens is 1. The van der Waals surface area contributed by atoms with Gasteiger partial charge in [-0.2, -0.15) is 0 Å². The maximum atomic E-state index is 11.7. The lowest BCUT2D eigenvalue weighted by molar-refractivity contribution is 0.567. The molecule has 0 fully saturated rings. The summed E-state index contributed by atoms with van der Waals surface area (Å²) >= 11 is 0. The Kier molecular flexibility index (Phi) is 2.57. The summed E-state index contributed by atoms with van der Waals surface area (Å²) < 4.78 is 19.3. The quantitative estimate of drug-likeness (QED) is 0.755. The molecule has 3 nitrogen and oxygen atoms in total. The van der Waals surface area contributed by atoms with Crippen LogP contribution in [0.1, 0.15) is 37.6 Å². The van der Waals surface area contributed by atoms with E-state index >= 15 is 0 Å². The van der Waals surface area contributed by atoms with Crippen LogP contribution in [0.2, 0.25) is 0 Å². The first-order valence-electron chi connectivity index (χ1n) is 5.50. The number of hydrogen-bond acceptors (Lipinski definition) is 3. The molecule has 0 saturated carbocycles. The molecule has 0 unspecified atom stereocenters. The maximum Gasteiger partial charge on any atom is 0.0584 e. The van der Waals surface area contributed by atoms with Gasteiger partial charge in [0.25, 0.3) is 0 Å². The molecule has 0 radical (unpaired) electrons. The lowest BCUT2D eigenvalue weighted by Gasteiger charge is -2.23. The predicted molar refractivity (Wildman–Crippen MR) is 66.1 cm³/mol. The zero-order valence-electron chi connectivity index (χ0n) is 10.0. The number of rotatable bonds is 0. The van der Waals surface area contributed by atoms with Crippen LogP contribution in [0.5, 0.6) is 0 Å². The number of nitrogens with one attached hydrogen (secondary N) is 1. The van der Waals surface area contributed by atoms with E-state index in [0.717, 1.165) is 17.7 Å². The Morgan fingerprint density at radius 3 is 2.69 bits per heavy atom. The monoisotopic (exact) mass is 238 g/mol. The molecule has 0 bridgehead atoms. The van der Waals surface area contributed by atoms with Crippen LogP contribution < -0.4 is 0 Å². The number of hydrogen-bond donors (Lipinski definition) is 1. The van der Waals surface area contributed by atoms with Gasteiger partial charge in [0.15, 0.2) is 0 Å². The average molecular weight is 238 g/mol. The second-order valence-electron chi connectivity index (χ2n) is 5.50. The Bertz CT molecular complexity index is 512. The van der Waals surface area contributed by atoms with Crippen LogP contribution >= 0.6 is 0 Å². The molecule has 1 aromatic heterocycles. The van der Waals surface area contributed by atoms with Gasteiger partial charge in [-0.1, -0.05) is 20.8 Å². The number of nitrogens with zero attached hydrogens (tertiary/aromatic N) is 1. The fourth-order valence-electron chi connectivity index (χ4n) is 1.90. The van der Waals surface area contributed by atoms with Gasteiger partial charge < -0.3 is 0 Å². The molecule has 0 amide bonds. The number of fused-ring (bicyclic) bond motifs is 1. The molecule has 0 spiro atoms. The largest absolute Gasteiger partial charge is 0.260 e. The molecule has 88 valence electrons. The van der Waals surface area contributed by atoms with E-state index in [4.69, 9.17) is 4.78 Å². The Labute approximate surface area is 97.3 Å². The van der Waals surface area contributed by atoms with Crippen LogP contribution in [0, 0.1) is 4.78 Å². The summed E-state index contributed by atoms with van der Waals surface area (Å²) in [4.78, 5) is 4.42. The van der Waals surface area contributed by atoms with E-state index in [1.165, 1.54) is 5.56 Å². The highest BCUT2D eigenvalue weighted by Crippen LogP contribution is 2.26. The first kappa shape index (κ1) is 11.6. The molecule has 0 aromatic carbocycles. The van der Waals surface area contributed by atoms with Crippen molar-refractivity contribution in [1.82, 2.24) is 4.98 Å². The average Bonchev–Trinajstić information content (AvgIpc) is 2.14. The van der Waals surface area contributed by atoms with Crippen LogP contribution in [-0.2, 0) is 27.3 Å². The van der Waals surface area contributed by atoms with Gasteiger partial charge in [0.2, 0.25) is 0 Å². The standard InChI is InChI=1S/C12H18N2OS/c1-12(2,3)11-6-9-4-5-16(13,15)8-10(9)7-14-11/h6-7,13H,4-5,8H2,1-3H3/t16-/m0/s1. The molecule has 2 rings (SSSR count). The van der Waals surface area contributed by atoms with Crippen LogP contribution in [0.3, 0.4) is 0 Å². The van der Waals surface area contributed by atoms with Gasteiger partial charge >= 0.3 is 0 Å². The van der Waals surface area contributed by atoms with Gasteiger partial charge in [-0.15, -0.1) is 0 Å². The Morgan fingerprint density at radius 1 is 1.38 bits per heavy atom. The van der Waals surface area contributed by atoms with Crippen LogP contribution in [0.15, 0.2) is 12.3 Å². The van der Waals surface area contributed by atoms with Crippen LogP contribution in [-0.4, -0.2) is 14.9 Å². The number of aryl methyl sites for hydroxylation is 1. The van der Waals surface area contributed by atoms with E-state index < -0.39 is 9.73 Å². The summed E-state index contributed by atoms with van der Waals surface area (Å²) in [6.07, 6.45) is 2.56. The fourth-order valence-corrected chi connectivity index (χ4v) is 3.35. The summed E-state index contributed by atoms with van der Waals surface area (Å²) in [5, 5.41) is 0. The zero-order valence-corrected chi connectivity index (χ0v) is 10.9. The lowest BCUT2D eigenvalue weighted by Crippen LogP contribution is -2.21. The molecule has 0 aliphatic carbocycles. The number of pyridine rings is 1. The topological polar surface area (TPSA) is 53.8 Å². The van der Waals surface area contributed by atoms with Crippen molar-refractivity contribution in [3.8, 4) is 0 Å². The van der Waals surface area contributed by atoms with Crippen molar-refractivity contribution in [3.05, 3.63) is 29.1 Å². The molecule has 1 atom stereocenters. The van der Waals surface area contributed by atoms with Crippen LogP contribution in [0.4, 0.5) is 0 Å². The van der Waals surface area contributed by atoms with Gasteiger partial charge in [-0.3, -0.25) is 9.76 Å². The molecule has 1 N–H and O–H groups in total. The second-order valence-corrected chi connectivity index (χ2v) is 7.82. The van der Waals surface area contributed by atoms with E-state index in [-0.39, 0.29) is 5.41 Å². The van der Waals surface area contributed by atoms with Crippen molar-refractivity contribution < 1.29 is 4.21 Å². The van der Waals surface area contributed by atoms with Gasteiger partial charge in [0.1, 0.15) is 0 Å². The summed E-state index contributed by atoms with van der Waals surface area (Å²) in [5.74, 6) is 0.868. The van der Waals surface area contributed by atoms with Gasteiger partial charge in [0.05, 0.1) is 5.75 Å². The molecule has 16 heavy (non-hydrogen) atoms. The summed E-state index contributed by atoms with van der Waals surface area (Å²) in [6.45, 7) is 6.41. The molecule has 1 aromatic rings. The molecular formula is C12H18N2OS. The van der Waals surface area contributed by atoms with Crippen LogP contribution in [0.25, 0.3) is 0 Å². The Morgan fingerprint density at radius 2 is 2.06 bits per heavy atom. The third kappa shape index (κ3) is 2.26.